The van der Waals surface area contributed by atoms with E-state index < -0.39 is 11.8 Å². The molecule has 0 saturated heterocycles. The second kappa shape index (κ2) is 8.36. The van der Waals surface area contributed by atoms with Crippen molar-refractivity contribution in [3.8, 4) is 5.75 Å². The zero-order chi connectivity index (χ0) is 18.4. The molecule has 0 atom stereocenters. The van der Waals surface area contributed by atoms with Gasteiger partial charge in [0.1, 0.15) is 12.4 Å². The first-order chi connectivity index (χ1) is 12.6. The Bertz CT molecular complexity index is 943. The predicted molar refractivity (Wildman–Crippen MR) is 103 cm³/mol. The van der Waals surface area contributed by atoms with Gasteiger partial charge in [0.05, 0.1) is 6.54 Å². The Balaban J connectivity index is 1.44. The van der Waals surface area contributed by atoms with E-state index in [0.29, 0.717) is 16.5 Å². The number of carbonyl (C=O) groups is 2. The monoisotopic (exact) mass is 368 g/mol. The molecular weight excluding hydrogens is 352 g/mol. The van der Waals surface area contributed by atoms with Gasteiger partial charge in [0, 0.05) is 10.7 Å². The van der Waals surface area contributed by atoms with Crippen molar-refractivity contribution in [2.45, 2.75) is 0 Å². The second-order valence-electron chi connectivity index (χ2n) is 5.58. The quantitative estimate of drug-likeness (QED) is 0.534. The minimum atomic E-state index is -0.752. The van der Waals surface area contributed by atoms with E-state index in [-0.39, 0.29) is 13.2 Å². The average molecular weight is 369 g/mol. The van der Waals surface area contributed by atoms with Crippen LogP contribution in [0.4, 0.5) is 5.69 Å². The minimum absolute atomic E-state index is 0.217. The lowest BCUT2D eigenvalue weighted by atomic mass is 10.1. The predicted octanol–water partition coefficient (Wildman–Crippen LogP) is 3.63. The van der Waals surface area contributed by atoms with Crippen LogP contribution in [0.2, 0.25) is 5.02 Å². The highest BCUT2D eigenvalue weighted by molar-refractivity contribution is 6.39. The van der Waals surface area contributed by atoms with E-state index in [1.54, 1.807) is 24.3 Å². The van der Waals surface area contributed by atoms with Gasteiger partial charge in [-0.25, -0.2) is 0 Å². The standard InChI is InChI=1S/C20H17ClN2O3/c21-16-6-3-7-17(13-16)23-20(25)19(24)22-10-11-26-18-9-8-14-4-1-2-5-15(14)12-18/h1-9,12-13H,10-11H2,(H,22,24)(H,23,25). The fourth-order valence-corrected chi connectivity index (χ4v) is 2.62. The minimum Gasteiger partial charge on any atom is -0.492 e. The maximum absolute atomic E-state index is 11.8. The maximum Gasteiger partial charge on any atom is 0.313 e. The molecule has 3 rings (SSSR count). The Morgan fingerprint density at radius 1 is 0.885 bits per heavy atom. The molecule has 0 aromatic heterocycles. The van der Waals surface area contributed by atoms with Crippen molar-refractivity contribution < 1.29 is 14.3 Å². The lowest BCUT2D eigenvalue weighted by Crippen LogP contribution is -2.37. The Labute approximate surface area is 155 Å². The summed E-state index contributed by atoms with van der Waals surface area (Å²) in [5, 5.41) is 7.69. The van der Waals surface area contributed by atoms with Crippen LogP contribution in [0.3, 0.4) is 0 Å². The summed E-state index contributed by atoms with van der Waals surface area (Å²) in [4.78, 5) is 23.6. The smallest absolute Gasteiger partial charge is 0.313 e. The van der Waals surface area contributed by atoms with Crippen LogP contribution in [-0.4, -0.2) is 25.0 Å². The molecule has 132 valence electrons. The fourth-order valence-electron chi connectivity index (χ4n) is 2.43. The number of ether oxygens (including phenoxy) is 1. The van der Waals surface area contributed by atoms with Crippen LogP contribution in [0, 0.1) is 0 Å². The summed E-state index contributed by atoms with van der Waals surface area (Å²) in [6.07, 6.45) is 0. The number of hydrogen-bond donors (Lipinski definition) is 2. The molecule has 0 unspecified atom stereocenters. The Kier molecular flexibility index (Phi) is 5.71. The van der Waals surface area contributed by atoms with Crippen molar-refractivity contribution in [2.24, 2.45) is 0 Å². The Morgan fingerprint density at radius 2 is 1.69 bits per heavy atom. The summed E-state index contributed by atoms with van der Waals surface area (Å²) in [5.74, 6) is -0.772. The highest BCUT2D eigenvalue weighted by Gasteiger charge is 2.13. The van der Waals surface area contributed by atoms with E-state index in [4.69, 9.17) is 16.3 Å². The van der Waals surface area contributed by atoms with Crippen LogP contribution in [0.5, 0.6) is 5.75 Å². The average Bonchev–Trinajstić information content (AvgIpc) is 2.65. The zero-order valence-corrected chi connectivity index (χ0v) is 14.6. The highest BCUT2D eigenvalue weighted by atomic mass is 35.5. The maximum atomic E-state index is 11.8. The van der Waals surface area contributed by atoms with Crippen LogP contribution in [0.15, 0.2) is 66.7 Å². The molecule has 5 nitrogen and oxygen atoms in total. The molecular formula is C20H17ClN2O3. The van der Waals surface area contributed by atoms with Gasteiger partial charge >= 0.3 is 11.8 Å². The van der Waals surface area contributed by atoms with Crippen LogP contribution < -0.4 is 15.4 Å². The molecule has 0 fully saturated rings. The van der Waals surface area contributed by atoms with E-state index in [9.17, 15) is 9.59 Å². The van der Waals surface area contributed by atoms with Crippen molar-refractivity contribution in [3.63, 3.8) is 0 Å². The second-order valence-corrected chi connectivity index (χ2v) is 6.01. The molecule has 0 aliphatic rings. The van der Waals surface area contributed by atoms with Crippen molar-refractivity contribution in [3.05, 3.63) is 71.8 Å². The van der Waals surface area contributed by atoms with E-state index in [2.05, 4.69) is 10.6 Å². The lowest BCUT2D eigenvalue weighted by molar-refractivity contribution is -0.136. The van der Waals surface area contributed by atoms with Crippen LogP contribution >= 0.6 is 11.6 Å². The SMILES string of the molecule is O=C(NCCOc1ccc2ccccc2c1)C(=O)Nc1cccc(Cl)c1. The molecule has 0 heterocycles. The number of rotatable bonds is 5. The van der Waals surface area contributed by atoms with E-state index >= 15 is 0 Å². The van der Waals surface area contributed by atoms with Crippen LogP contribution in [0.1, 0.15) is 0 Å². The Morgan fingerprint density at radius 3 is 2.50 bits per heavy atom. The number of amides is 2. The van der Waals surface area contributed by atoms with Gasteiger partial charge in [-0.1, -0.05) is 48.0 Å². The first kappa shape index (κ1) is 17.8. The van der Waals surface area contributed by atoms with Crippen molar-refractivity contribution in [2.75, 3.05) is 18.5 Å². The number of carbonyl (C=O) groups excluding carboxylic acids is 2. The van der Waals surface area contributed by atoms with Gasteiger partial charge in [0.2, 0.25) is 0 Å². The van der Waals surface area contributed by atoms with Crippen molar-refractivity contribution >= 4 is 39.9 Å². The summed E-state index contributed by atoms with van der Waals surface area (Å²) in [6.45, 7) is 0.475. The third-order valence-electron chi connectivity index (χ3n) is 3.67. The van der Waals surface area contributed by atoms with E-state index in [1.165, 1.54) is 0 Å². The van der Waals surface area contributed by atoms with Gasteiger partial charge in [0.25, 0.3) is 0 Å². The topological polar surface area (TPSA) is 67.4 Å². The summed E-state index contributed by atoms with van der Waals surface area (Å²) in [6, 6.07) is 20.3. The van der Waals surface area contributed by atoms with Gasteiger partial charge in [-0.15, -0.1) is 0 Å². The van der Waals surface area contributed by atoms with Gasteiger partial charge in [-0.2, -0.15) is 0 Å². The highest BCUT2D eigenvalue weighted by Crippen LogP contribution is 2.20. The largest absolute Gasteiger partial charge is 0.492 e. The van der Waals surface area contributed by atoms with Crippen LogP contribution in [0.25, 0.3) is 10.8 Å². The van der Waals surface area contributed by atoms with Crippen molar-refractivity contribution in [1.29, 1.82) is 0 Å². The van der Waals surface area contributed by atoms with E-state index in [0.717, 1.165) is 10.8 Å². The number of anilines is 1. The number of halogens is 1. The number of fused-ring (bicyclic) bond motifs is 1. The van der Waals surface area contributed by atoms with Gasteiger partial charge in [-0.05, 0) is 41.1 Å². The molecule has 0 saturated carbocycles. The molecule has 3 aromatic rings. The Hall–Kier alpha value is -3.05. The lowest BCUT2D eigenvalue weighted by Gasteiger charge is -2.09. The molecule has 2 N–H and O–H groups in total. The first-order valence-electron chi connectivity index (χ1n) is 8.08. The number of hydrogen-bond acceptors (Lipinski definition) is 3. The summed E-state index contributed by atoms with van der Waals surface area (Å²) in [7, 11) is 0. The zero-order valence-electron chi connectivity index (χ0n) is 13.9. The third-order valence-corrected chi connectivity index (χ3v) is 3.90. The summed E-state index contributed by atoms with van der Waals surface area (Å²) >= 11 is 5.84. The summed E-state index contributed by atoms with van der Waals surface area (Å²) in [5.41, 5.74) is 0.463. The van der Waals surface area contributed by atoms with E-state index in [1.807, 2.05) is 42.5 Å². The molecule has 3 aromatic carbocycles. The molecule has 0 bridgehead atoms. The molecule has 0 spiro atoms. The van der Waals surface area contributed by atoms with Gasteiger partial charge in [-0.3, -0.25) is 9.59 Å². The normalized spacial score (nSPS) is 10.3. The number of benzene rings is 3. The van der Waals surface area contributed by atoms with Crippen LogP contribution in [-0.2, 0) is 9.59 Å². The molecule has 0 aliphatic carbocycles. The van der Waals surface area contributed by atoms with Gasteiger partial charge in [0.15, 0.2) is 0 Å². The molecule has 0 radical (unpaired) electrons. The molecule has 26 heavy (non-hydrogen) atoms. The van der Waals surface area contributed by atoms with Crippen molar-refractivity contribution in [1.82, 2.24) is 5.32 Å². The fraction of sp³-hybridized carbons (Fsp3) is 0.100. The molecule has 0 aliphatic heterocycles. The van der Waals surface area contributed by atoms with Gasteiger partial charge < -0.3 is 15.4 Å². The summed E-state index contributed by atoms with van der Waals surface area (Å²) < 4.78 is 5.61. The first-order valence-corrected chi connectivity index (χ1v) is 8.46. The molecule has 6 heteroatoms. The number of nitrogens with one attached hydrogen (secondary N) is 2. The third kappa shape index (κ3) is 4.74. The molecule has 2 amide bonds.